The van der Waals surface area contributed by atoms with E-state index in [1.807, 2.05) is 24.3 Å². The monoisotopic (exact) mass is 300 g/mol. The zero-order valence-electron chi connectivity index (χ0n) is 11.6. The summed E-state index contributed by atoms with van der Waals surface area (Å²) in [6.07, 6.45) is 3.52. The molecule has 3 rings (SSSR count). The zero-order chi connectivity index (χ0) is 14.7. The van der Waals surface area contributed by atoms with Gasteiger partial charge in [0.05, 0.1) is 22.9 Å². The van der Waals surface area contributed by atoms with E-state index in [1.165, 1.54) is 11.8 Å². The number of nitrogens with one attached hydrogen (secondary N) is 2. The van der Waals surface area contributed by atoms with Gasteiger partial charge in [-0.3, -0.25) is 4.79 Å². The van der Waals surface area contributed by atoms with Crippen molar-refractivity contribution in [1.29, 1.82) is 5.26 Å². The highest BCUT2D eigenvalue weighted by Crippen LogP contribution is 2.29. The van der Waals surface area contributed by atoms with Gasteiger partial charge in [-0.1, -0.05) is 23.9 Å². The molecule has 1 aromatic carbocycles. The first kappa shape index (κ1) is 14.0. The van der Waals surface area contributed by atoms with Crippen molar-refractivity contribution in [3.8, 4) is 6.07 Å². The number of thioether (sulfide) groups is 1. The topological polar surface area (TPSA) is 81.6 Å². The number of imidazole rings is 1. The van der Waals surface area contributed by atoms with Gasteiger partial charge in [-0.2, -0.15) is 5.26 Å². The van der Waals surface area contributed by atoms with Crippen LogP contribution in [0.3, 0.4) is 0 Å². The molecule has 1 aromatic heterocycles. The fraction of sp³-hybridized carbons (Fsp3) is 0.400. The van der Waals surface area contributed by atoms with Crippen molar-refractivity contribution in [3.05, 3.63) is 24.3 Å². The Morgan fingerprint density at radius 3 is 2.90 bits per heavy atom. The standard InChI is InChI=1S/C15H16N4OS/c16-10-15(7-3-4-8-15)19-13(20)9-21-14-17-11-5-1-2-6-12(11)18-14/h1-2,5-6H,3-4,7-9H2,(H,17,18)(H,19,20). The van der Waals surface area contributed by atoms with Crippen LogP contribution in [-0.4, -0.2) is 27.2 Å². The van der Waals surface area contributed by atoms with Gasteiger partial charge in [0.2, 0.25) is 5.91 Å². The number of H-pyrrole nitrogens is 1. The van der Waals surface area contributed by atoms with Crippen molar-refractivity contribution in [3.63, 3.8) is 0 Å². The van der Waals surface area contributed by atoms with Crippen LogP contribution >= 0.6 is 11.8 Å². The van der Waals surface area contributed by atoms with E-state index < -0.39 is 5.54 Å². The number of carbonyl (C=O) groups excluding carboxylic acids is 1. The highest BCUT2D eigenvalue weighted by atomic mass is 32.2. The maximum atomic E-state index is 12.0. The van der Waals surface area contributed by atoms with E-state index in [4.69, 9.17) is 0 Å². The van der Waals surface area contributed by atoms with E-state index in [-0.39, 0.29) is 11.7 Å². The number of para-hydroxylation sites is 2. The van der Waals surface area contributed by atoms with E-state index in [0.717, 1.165) is 41.9 Å². The summed E-state index contributed by atoms with van der Waals surface area (Å²) in [5.74, 6) is 0.160. The summed E-state index contributed by atoms with van der Waals surface area (Å²) in [4.78, 5) is 19.6. The van der Waals surface area contributed by atoms with E-state index in [2.05, 4.69) is 21.4 Å². The molecule has 6 heteroatoms. The van der Waals surface area contributed by atoms with Crippen molar-refractivity contribution in [1.82, 2.24) is 15.3 Å². The summed E-state index contributed by atoms with van der Waals surface area (Å²) in [7, 11) is 0. The number of rotatable bonds is 4. The van der Waals surface area contributed by atoms with Crippen molar-refractivity contribution in [2.45, 2.75) is 36.4 Å². The smallest absolute Gasteiger partial charge is 0.231 e. The van der Waals surface area contributed by atoms with Crippen LogP contribution in [0.5, 0.6) is 0 Å². The quantitative estimate of drug-likeness (QED) is 0.850. The van der Waals surface area contributed by atoms with Crippen LogP contribution in [0.15, 0.2) is 29.4 Å². The molecule has 0 spiro atoms. The van der Waals surface area contributed by atoms with Gasteiger partial charge in [-0.15, -0.1) is 0 Å². The lowest BCUT2D eigenvalue weighted by Crippen LogP contribution is -2.45. The zero-order valence-corrected chi connectivity index (χ0v) is 12.4. The molecule has 0 bridgehead atoms. The largest absolute Gasteiger partial charge is 0.337 e. The molecule has 0 saturated heterocycles. The Kier molecular flexibility index (Phi) is 3.84. The molecule has 1 fully saturated rings. The van der Waals surface area contributed by atoms with Gasteiger partial charge in [-0.05, 0) is 37.8 Å². The number of hydrogen-bond acceptors (Lipinski definition) is 4. The van der Waals surface area contributed by atoms with Gasteiger partial charge in [-0.25, -0.2) is 4.98 Å². The molecule has 2 aromatic rings. The van der Waals surface area contributed by atoms with Crippen LogP contribution < -0.4 is 5.32 Å². The molecule has 1 aliphatic carbocycles. The van der Waals surface area contributed by atoms with Crippen LogP contribution in [0.2, 0.25) is 0 Å². The van der Waals surface area contributed by atoms with E-state index >= 15 is 0 Å². The van der Waals surface area contributed by atoms with Gasteiger partial charge in [0.25, 0.3) is 0 Å². The average molecular weight is 300 g/mol. The second-order valence-electron chi connectivity index (χ2n) is 5.30. The van der Waals surface area contributed by atoms with E-state index in [0.29, 0.717) is 0 Å². The maximum absolute atomic E-state index is 12.0. The lowest BCUT2D eigenvalue weighted by molar-refractivity contribution is -0.119. The predicted molar refractivity (Wildman–Crippen MR) is 81.8 cm³/mol. The molecule has 108 valence electrons. The highest BCUT2D eigenvalue weighted by Gasteiger charge is 2.35. The summed E-state index contributed by atoms with van der Waals surface area (Å²) >= 11 is 1.36. The first-order valence-corrected chi connectivity index (χ1v) is 7.99. The Bertz CT molecular complexity index is 664. The van der Waals surface area contributed by atoms with Crippen molar-refractivity contribution in [2.75, 3.05) is 5.75 Å². The van der Waals surface area contributed by atoms with Gasteiger partial charge in [0.1, 0.15) is 5.54 Å². The second kappa shape index (κ2) is 5.78. The molecule has 21 heavy (non-hydrogen) atoms. The number of carbonyl (C=O) groups is 1. The Morgan fingerprint density at radius 2 is 2.19 bits per heavy atom. The van der Waals surface area contributed by atoms with E-state index in [9.17, 15) is 10.1 Å². The van der Waals surface area contributed by atoms with Crippen LogP contribution in [0.25, 0.3) is 11.0 Å². The third-order valence-corrected chi connectivity index (χ3v) is 4.63. The molecule has 5 nitrogen and oxygen atoms in total. The minimum atomic E-state index is -0.647. The number of hydrogen-bond donors (Lipinski definition) is 2. The fourth-order valence-electron chi connectivity index (χ4n) is 2.68. The van der Waals surface area contributed by atoms with Crippen LogP contribution in [0.4, 0.5) is 0 Å². The first-order chi connectivity index (χ1) is 10.2. The van der Waals surface area contributed by atoms with Crippen molar-refractivity contribution in [2.24, 2.45) is 0 Å². The molecular formula is C15H16N4OS. The van der Waals surface area contributed by atoms with Crippen molar-refractivity contribution >= 4 is 28.7 Å². The van der Waals surface area contributed by atoms with Crippen LogP contribution in [-0.2, 0) is 4.79 Å². The molecular weight excluding hydrogens is 284 g/mol. The van der Waals surface area contributed by atoms with Crippen LogP contribution in [0.1, 0.15) is 25.7 Å². The molecule has 1 aliphatic rings. The Morgan fingerprint density at radius 1 is 1.43 bits per heavy atom. The summed E-state index contributed by atoms with van der Waals surface area (Å²) in [6, 6.07) is 10.0. The number of fused-ring (bicyclic) bond motifs is 1. The first-order valence-electron chi connectivity index (χ1n) is 7.01. The summed E-state index contributed by atoms with van der Waals surface area (Å²) < 4.78 is 0. The maximum Gasteiger partial charge on any atom is 0.231 e. The number of nitrogens with zero attached hydrogens (tertiary/aromatic N) is 2. The lowest BCUT2D eigenvalue weighted by Gasteiger charge is -2.21. The van der Waals surface area contributed by atoms with E-state index in [1.54, 1.807) is 0 Å². The Hall–Kier alpha value is -2.00. The molecule has 1 saturated carbocycles. The van der Waals surface area contributed by atoms with Gasteiger partial charge in [0.15, 0.2) is 5.16 Å². The SMILES string of the molecule is N#CC1(NC(=O)CSc2nc3ccccc3[nH]2)CCCC1. The normalized spacial score (nSPS) is 16.7. The highest BCUT2D eigenvalue weighted by molar-refractivity contribution is 7.99. The summed E-state index contributed by atoms with van der Waals surface area (Å²) in [6.45, 7) is 0. The number of aromatic nitrogens is 2. The molecule has 0 unspecified atom stereocenters. The fourth-order valence-corrected chi connectivity index (χ4v) is 3.36. The second-order valence-corrected chi connectivity index (χ2v) is 6.26. The summed E-state index contributed by atoms with van der Waals surface area (Å²) in [5.41, 5.74) is 1.21. The Balaban J connectivity index is 1.59. The third kappa shape index (κ3) is 3.03. The Labute approximate surface area is 127 Å². The number of aromatic amines is 1. The number of benzene rings is 1. The predicted octanol–water partition coefficient (Wildman–Crippen LogP) is 2.61. The summed E-state index contributed by atoms with van der Waals surface area (Å²) in [5, 5.41) is 12.9. The third-order valence-electron chi connectivity index (χ3n) is 3.76. The molecule has 2 N–H and O–H groups in total. The lowest BCUT2D eigenvalue weighted by atomic mass is 10.0. The number of amides is 1. The molecule has 1 heterocycles. The molecule has 0 atom stereocenters. The number of nitriles is 1. The molecule has 0 radical (unpaired) electrons. The molecule has 0 aliphatic heterocycles. The van der Waals surface area contributed by atoms with Gasteiger partial charge in [0, 0.05) is 0 Å². The average Bonchev–Trinajstić information content (AvgIpc) is 3.11. The van der Waals surface area contributed by atoms with Crippen LogP contribution in [0, 0.1) is 11.3 Å². The van der Waals surface area contributed by atoms with Crippen molar-refractivity contribution < 1.29 is 4.79 Å². The van der Waals surface area contributed by atoms with Gasteiger partial charge < -0.3 is 10.3 Å². The minimum Gasteiger partial charge on any atom is -0.337 e. The molecule has 1 amide bonds. The van der Waals surface area contributed by atoms with Gasteiger partial charge >= 0.3 is 0 Å². The minimum absolute atomic E-state index is 0.107.